The second-order valence-corrected chi connectivity index (χ2v) is 4.77. The topological polar surface area (TPSA) is 85.8 Å². The summed E-state index contributed by atoms with van der Waals surface area (Å²) in [6.45, 7) is 0. The molecule has 6 nitrogen and oxygen atoms in total. The molecule has 0 spiro atoms. The third kappa shape index (κ3) is 3.62. The number of amides is 1. The highest BCUT2D eigenvalue weighted by Gasteiger charge is 2.09. The van der Waals surface area contributed by atoms with Gasteiger partial charge in [0.25, 0.3) is 11.9 Å². The summed E-state index contributed by atoms with van der Waals surface area (Å²) in [7, 11) is 0. The van der Waals surface area contributed by atoms with Crippen LogP contribution in [0.25, 0.3) is 11.8 Å². The van der Waals surface area contributed by atoms with Gasteiger partial charge >= 0.3 is 0 Å². The molecule has 3 aromatic rings. The van der Waals surface area contributed by atoms with E-state index < -0.39 is 0 Å². The highest BCUT2D eigenvalue weighted by molar-refractivity contribution is 6.00. The quantitative estimate of drug-likeness (QED) is 0.725. The molecule has 3 rings (SSSR count). The number of hydrogen-bond acceptors (Lipinski definition) is 4. The fourth-order valence-corrected chi connectivity index (χ4v) is 2.02. The fourth-order valence-electron chi connectivity index (χ4n) is 2.02. The Labute approximate surface area is 133 Å². The predicted molar refractivity (Wildman–Crippen MR) is 89.9 cm³/mol. The highest BCUT2D eigenvalue weighted by atomic mass is 16.1. The van der Waals surface area contributed by atoms with Crippen LogP contribution in [0.1, 0.15) is 5.56 Å². The van der Waals surface area contributed by atoms with Gasteiger partial charge in [-0.25, -0.2) is 0 Å². The maximum Gasteiger partial charge on any atom is 0.251 e. The molecule has 1 heterocycles. The van der Waals surface area contributed by atoms with Gasteiger partial charge in [0.2, 0.25) is 5.95 Å². The first-order valence-electron chi connectivity index (χ1n) is 7.04. The molecular weight excluding hydrogens is 290 g/mol. The summed E-state index contributed by atoms with van der Waals surface area (Å²) in [4.78, 5) is 16.0. The van der Waals surface area contributed by atoms with E-state index in [1.54, 1.807) is 6.08 Å². The van der Waals surface area contributed by atoms with Crippen molar-refractivity contribution in [3.8, 4) is 5.69 Å². The molecule has 0 unspecified atom stereocenters. The lowest BCUT2D eigenvalue weighted by Gasteiger charge is -2.00. The average Bonchev–Trinajstić information content (AvgIpc) is 2.95. The van der Waals surface area contributed by atoms with Crippen LogP contribution in [0.3, 0.4) is 0 Å². The van der Waals surface area contributed by atoms with Crippen LogP contribution in [-0.2, 0) is 4.79 Å². The Morgan fingerprint density at radius 1 is 1.04 bits per heavy atom. The second-order valence-electron chi connectivity index (χ2n) is 4.77. The molecule has 23 heavy (non-hydrogen) atoms. The summed E-state index contributed by atoms with van der Waals surface area (Å²) in [5.41, 5.74) is 7.55. The van der Waals surface area contributed by atoms with Crippen molar-refractivity contribution in [2.75, 3.05) is 11.1 Å². The van der Waals surface area contributed by atoms with Crippen molar-refractivity contribution in [1.82, 2.24) is 14.8 Å². The molecule has 3 N–H and O–H groups in total. The maximum absolute atomic E-state index is 11.9. The number of hydrogen-bond donors (Lipinski definition) is 2. The molecule has 114 valence electrons. The number of carbonyl (C=O) groups excluding carboxylic acids is 1. The first-order valence-corrected chi connectivity index (χ1v) is 7.04. The van der Waals surface area contributed by atoms with E-state index in [9.17, 15) is 4.79 Å². The third-order valence-corrected chi connectivity index (χ3v) is 3.09. The normalized spacial score (nSPS) is 10.8. The molecule has 0 aliphatic heterocycles. The van der Waals surface area contributed by atoms with Gasteiger partial charge in [-0.05, 0) is 23.8 Å². The van der Waals surface area contributed by atoms with Crippen LogP contribution in [0.2, 0.25) is 0 Å². The van der Waals surface area contributed by atoms with Gasteiger partial charge in [0, 0.05) is 6.08 Å². The Morgan fingerprint density at radius 2 is 1.70 bits per heavy atom. The van der Waals surface area contributed by atoms with Gasteiger partial charge in [-0.15, -0.1) is 5.10 Å². The summed E-state index contributed by atoms with van der Waals surface area (Å²) in [5.74, 6) is 0.0478. The highest BCUT2D eigenvalue weighted by Crippen LogP contribution is 2.13. The SMILES string of the molecule is Nc1nc(NC(=O)C=Cc2ccccc2)nn1-c1ccccc1. The van der Waals surface area contributed by atoms with Gasteiger partial charge in [0.05, 0.1) is 5.69 Å². The summed E-state index contributed by atoms with van der Waals surface area (Å²) in [5, 5.41) is 6.78. The Hall–Kier alpha value is -3.41. The molecule has 0 aliphatic rings. The maximum atomic E-state index is 11.9. The third-order valence-electron chi connectivity index (χ3n) is 3.09. The van der Waals surface area contributed by atoms with Crippen molar-refractivity contribution in [1.29, 1.82) is 0 Å². The van der Waals surface area contributed by atoms with E-state index in [0.29, 0.717) is 0 Å². The minimum absolute atomic E-state index is 0.161. The van der Waals surface area contributed by atoms with Crippen LogP contribution in [-0.4, -0.2) is 20.7 Å². The van der Waals surface area contributed by atoms with Crippen LogP contribution in [0.5, 0.6) is 0 Å². The molecule has 6 heteroatoms. The Morgan fingerprint density at radius 3 is 2.39 bits per heavy atom. The molecule has 0 atom stereocenters. The molecule has 2 aromatic carbocycles. The van der Waals surface area contributed by atoms with Crippen LogP contribution in [0, 0.1) is 0 Å². The van der Waals surface area contributed by atoms with E-state index in [1.807, 2.05) is 60.7 Å². The largest absolute Gasteiger partial charge is 0.368 e. The van der Waals surface area contributed by atoms with Crippen LogP contribution < -0.4 is 11.1 Å². The van der Waals surface area contributed by atoms with Crippen molar-refractivity contribution in [2.24, 2.45) is 0 Å². The average molecular weight is 305 g/mol. The molecule has 0 saturated heterocycles. The second kappa shape index (κ2) is 6.57. The lowest BCUT2D eigenvalue weighted by Crippen LogP contribution is -2.09. The lowest BCUT2D eigenvalue weighted by molar-refractivity contribution is -0.111. The van der Waals surface area contributed by atoms with Gasteiger partial charge in [0.1, 0.15) is 0 Å². The molecule has 0 radical (unpaired) electrons. The lowest BCUT2D eigenvalue weighted by atomic mass is 10.2. The van der Waals surface area contributed by atoms with Crippen molar-refractivity contribution in [3.63, 3.8) is 0 Å². The standard InChI is InChI=1S/C17H15N5O/c18-16-20-17(21-22(16)14-9-5-2-6-10-14)19-15(23)12-11-13-7-3-1-4-8-13/h1-12H,(H3,18,19,20,21,23). The van der Waals surface area contributed by atoms with Crippen molar-refractivity contribution >= 4 is 23.9 Å². The van der Waals surface area contributed by atoms with E-state index in [-0.39, 0.29) is 17.8 Å². The van der Waals surface area contributed by atoms with Gasteiger partial charge in [-0.2, -0.15) is 9.67 Å². The predicted octanol–water partition coefficient (Wildman–Crippen LogP) is 2.50. The molecule has 0 saturated carbocycles. The smallest absolute Gasteiger partial charge is 0.251 e. The van der Waals surface area contributed by atoms with Crippen LogP contribution in [0.15, 0.2) is 66.7 Å². The monoisotopic (exact) mass is 305 g/mol. The summed E-state index contributed by atoms with van der Waals surface area (Å²) in [6.07, 6.45) is 3.14. The number of nitrogens with one attached hydrogen (secondary N) is 1. The van der Waals surface area contributed by atoms with Gasteiger partial charge in [-0.3, -0.25) is 10.1 Å². The molecule has 1 amide bonds. The Bertz CT molecular complexity index is 825. The molecule has 0 bridgehead atoms. The van der Waals surface area contributed by atoms with Crippen LogP contribution in [0.4, 0.5) is 11.9 Å². The van der Waals surface area contributed by atoms with Crippen molar-refractivity contribution in [3.05, 3.63) is 72.3 Å². The first-order chi connectivity index (χ1) is 11.2. The fraction of sp³-hybridized carbons (Fsp3) is 0. The van der Waals surface area contributed by atoms with E-state index in [0.717, 1.165) is 11.3 Å². The summed E-state index contributed by atoms with van der Waals surface area (Å²) in [6, 6.07) is 18.9. The molecule has 0 fully saturated rings. The minimum Gasteiger partial charge on any atom is -0.368 e. The van der Waals surface area contributed by atoms with E-state index in [2.05, 4.69) is 15.4 Å². The van der Waals surface area contributed by atoms with Gasteiger partial charge < -0.3 is 5.73 Å². The van der Waals surface area contributed by atoms with E-state index in [4.69, 9.17) is 5.73 Å². The zero-order chi connectivity index (χ0) is 16.1. The van der Waals surface area contributed by atoms with E-state index >= 15 is 0 Å². The number of benzene rings is 2. The summed E-state index contributed by atoms with van der Waals surface area (Å²) >= 11 is 0. The summed E-state index contributed by atoms with van der Waals surface area (Å²) < 4.78 is 1.47. The van der Waals surface area contributed by atoms with Crippen molar-refractivity contribution in [2.45, 2.75) is 0 Å². The first kappa shape index (κ1) is 14.5. The minimum atomic E-state index is -0.320. The number of nitrogen functional groups attached to an aromatic ring is 1. The van der Waals surface area contributed by atoms with E-state index in [1.165, 1.54) is 10.8 Å². The van der Waals surface area contributed by atoms with Gasteiger partial charge in [0.15, 0.2) is 0 Å². The Kier molecular flexibility index (Phi) is 4.15. The zero-order valence-corrected chi connectivity index (χ0v) is 12.3. The molecular formula is C17H15N5O. The van der Waals surface area contributed by atoms with Gasteiger partial charge in [-0.1, -0.05) is 48.5 Å². The number of anilines is 2. The zero-order valence-electron chi connectivity index (χ0n) is 12.3. The number of carbonyl (C=O) groups is 1. The number of aromatic nitrogens is 3. The number of nitrogens with two attached hydrogens (primary N) is 1. The van der Waals surface area contributed by atoms with Crippen LogP contribution >= 0.6 is 0 Å². The Balaban J connectivity index is 1.71. The van der Waals surface area contributed by atoms with Crippen molar-refractivity contribution < 1.29 is 4.79 Å². The molecule has 0 aliphatic carbocycles. The molecule has 1 aromatic heterocycles. The number of para-hydroxylation sites is 1. The number of rotatable bonds is 4. The number of nitrogens with zero attached hydrogens (tertiary/aromatic N) is 3.